The number of ether oxygens (including phenoxy) is 1. The summed E-state index contributed by atoms with van der Waals surface area (Å²) in [5.74, 6) is 0. The van der Waals surface area contributed by atoms with Crippen molar-refractivity contribution in [3.8, 4) is 0 Å². The summed E-state index contributed by atoms with van der Waals surface area (Å²) in [7, 11) is 0. The average Bonchev–Trinajstić information content (AvgIpc) is 2.89. The molecule has 1 fully saturated rings. The van der Waals surface area contributed by atoms with Crippen LogP contribution in [0.3, 0.4) is 0 Å². The number of nitrogens with zero attached hydrogens (tertiary/aromatic N) is 2. The van der Waals surface area contributed by atoms with Crippen molar-refractivity contribution in [1.82, 2.24) is 0 Å². The molecule has 1 heterocycles. The van der Waals surface area contributed by atoms with Crippen LogP contribution >= 0.6 is 0 Å². The van der Waals surface area contributed by atoms with Crippen LogP contribution in [-0.4, -0.2) is 17.6 Å². The fraction of sp³-hybridized carbons (Fsp3) is 0.0625. The first-order valence-electron chi connectivity index (χ1n) is 6.62. The van der Waals surface area contributed by atoms with Crippen LogP contribution in [0.2, 0.25) is 0 Å². The second-order valence-corrected chi connectivity index (χ2v) is 4.71. The van der Waals surface area contributed by atoms with Gasteiger partial charge in [-0.05, 0) is 35.9 Å². The molecule has 0 unspecified atom stereocenters. The number of hydrogen-bond acceptors (Lipinski definition) is 4. The van der Waals surface area contributed by atoms with Gasteiger partial charge in [0.2, 0.25) is 0 Å². The largest absolute Gasteiger partial charge is 0.442 e. The summed E-state index contributed by atoms with van der Waals surface area (Å²) < 4.78 is 5.08. The zero-order chi connectivity index (χ0) is 15.5. The van der Waals surface area contributed by atoms with Gasteiger partial charge in [-0.25, -0.2) is 9.69 Å². The second-order valence-electron chi connectivity index (χ2n) is 4.71. The highest BCUT2D eigenvalue weighted by Gasteiger charge is 2.28. The maximum atomic E-state index is 11.9. The Bertz CT molecular complexity index is 739. The Morgan fingerprint density at radius 1 is 1.09 bits per heavy atom. The van der Waals surface area contributed by atoms with Gasteiger partial charge in [0.15, 0.2) is 0 Å². The summed E-state index contributed by atoms with van der Waals surface area (Å²) in [6.45, 7) is 0.171. The number of rotatable bonds is 3. The number of cyclic esters (lactones) is 1. The maximum absolute atomic E-state index is 11.9. The highest BCUT2D eigenvalue weighted by atomic mass is 16.6. The maximum Gasteiger partial charge on any atom is 0.419 e. The van der Waals surface area contributed by atoms with Gasteiger partial charge in [-0.3, -0.25) is 10.1 Å². The van der Waals surface area contributed by atoms with Crippen LogP contribution in [0.4, 0.5) is 16.2 Å². The van der Waals surface area contributed by atoms with Crippen molar-refractivity contribution in [3.63, 3.8) is 0 Å². The van der Waals surface area contributed by atoms with Gasteiger partial charge >= 0.3 is 6.09 Å². The van der Waals surface area contributed by atoms with Crippen molar-refractivity contribution in [2.24, 2.45) is 0 Å². The molecule has 1 aliphatic heterocycles. The number of carbonyl (C=O) groups excluding carboxylic acids is 1. The number of anilines is 1. The molecule has 3 rings (SSSR count). The van der Waals surface area contributed by atoms with Crippen LogP contribution in [0.5, 0.6) is 0 Å². The summed E-state index contributed by atoms with van der Waals surface area (Å²) >= 11 is 0. The van der Waals surface area contributed by atoms with Crippen molar-refractivity contribution in [1.29, 1.82) is 0 Å². The van der Waals surface area contributed by atoms with E-state index in [-0.39, 0.29) is 12.3 Å². The number of para-hydroxylation sites is 1. The van der Waals surface area contributed by atoms with Gasteiger partial charge in [-0.15, -0.1) is 0 Å². The zero-order valence-electron chi connectivity index (χ0n) is 11.5. The number of amides is 1. The smallest absolute Gasteiger partial charge is 0.419 e. The number of hydrogen-bond donors (Lipinski definition) is 0. The van der Waals surface area contributed by atoms with Crippen LogP contribution in [-0.2, 0) is 4.74 Å². The van der Waals surface area contributed by atoms with E-state index in [0.717, 1.165) is 11.3 Å². The van der Waals surface area contributed by atoms with Crippen molar-refractivity contribution in [2.45, 2.75) is 0 Å². The number of carbonyl (C=O) groups is 1. The summed E-state index contributed by atoms with van der Waals surface area (Å²) in [6, 6.07) is 15.3. The van der Waals surface area contributed by atoms with Crippen LogP contribution in [0.1, 0.15) is 5.56 Å². The monoisotopic (exact) mass is 296 g/mol. The summed E-state index contributed by atoms with van der Waals surface area (Å²) in [5, 5.41) is 10.7. The molecule has 2 aromatic carbocycles. The minimum atomic E-state index is -0.449. The van der Waals surface area contributed by atoms with E-state index in [4.69, 9.17) is 4.74 Å². The Morgan fingerprint density at radius 3 is 2.41 bits per heavy atom. The second kappa shape index (κ2) is 5.69. The standard InChI is InChI=1S/C16H12N2O4/c19-16-17(13-4-2-1-3-5-13)15(11-22-16)10-12-6-8-14(9-7-12)18(20)21/h1-10H,11H2/b15-10+. The van der Waals surface area contributed by atoms with Crippen molar-refractivity contribution >= 4 is 23.5 Å². The van der Waals surface area contributed by atoms with E-state index in [1.165, 1.54) is 17.0 Å². The van der Waals surface area contributed by atoms with Crippen LogP contribution in [0, 0.1) is 10.1 Å². The summed E-state index contributed by atoms with van der Waals surface area (Å²) in [4.78, 5) is 23.6. The van der Waals surface area contributed by atoms with Crippen LogP contribution in [0.15, 0.2) is 60.3 Å². The van der Waals surface area contributed by atoms with Crippen molar-refractivity contribution in [3.05, 3.63) is 76.0 Å². The topological polar surface area (TPSA) is 72.7 Å². The number of nitro groups is 1. The third-order valence-corrected chi connectivity index (χ3v) is 3.26. The first-order valence-corrected chi connectivity index (χ1v) is 6.62. The molecule has 0 atom stereocenters. The molecule has 0 spiro atoms. The summed E-state index contributed by atoms with van der Waals surface area (Å²) in [5.41, 5.74) is 2.20. The van der Waals surface area contributed by atoms with E-state index in [0.29, 0.717) is 5.70 Å². The number of benzene rings is 2. The van der Waals surface area contributed by atoms with E-state index in [2.05, 4.69) is 0 Å². The Hall–Kier alpha value is -3.15. The summed E-state index contributed by atoms with van der Waals surface area (Å²) in [6.07, 6.45) is 1.35. The number of non-ortho nitro benzene ring substituents is 1. The third kappa shape index (κ3) is 2.67. The lowest BCUT2D eigenvalue weighted by Gasteiger charge is -2.14. The molecule has 0 N–H and O–H groups in total. The first kappa shape index (κ1) is 13.8. The molecule has 1 aliphatic rings. The average molecular weight is 296 g/mol. The molecule has 1 amide bonds. The van der Waals surface area contributed by atoms with Gasteiger partial charge in [0, 0.05) is 12.1 Å². The molecule has 1 saturated heterocycles. The molecular weight excluding hydrogens is 284 g/mol. The van der Waals surface area contributed by atoms with Gasteiger partial charge in [0.25, 0.3) is 5.69 Å². The van der Waals surface area contributed by atoms with Gasteiger partial charge in [-0.2, -0.15) is 0 Å². The lowest BCUT2D eigenvalue weighted by molar-refractivity contribution is -0.384. The fourth-order valence-electron chi connectivity index (χ4n) is 2.22. The van der Waals surface area contributed by atoms with Crippen LogP contribution in [0.25, 0.3) is 6.08 Å². The minimum absolute atomic E-state index is 0.0285. The molecule has 110 valence electrons. The first-order chi connectivity index (χ1) is 10.6. The third-order valence-electron chi connectivity index (χ3n) is 3.26. The molecule has 0 bridgehead atoms. The van der Waals surface area contributed by atoms with Gasteiger partial charge in [-0.1, -0.05) is 18.2 Å². The van der Waals surface area contributed by atoms with E-state index in [9.17, 15) is 14.9 Å². The van der Waals surface area contributed by atoms with E-state index in [1.807, 2.05) is 30.3 Å². The predicted molar refractivity (Wildman–Crippen MR) is 81.3 cm³/mol. The Morgan fingerprint density at radius 2 is 1.77 bits per heavy atom. The van der Waals surface area contributed by atoms with Crippen LogP contribution < -0.4 is 4.90 Å². The highest BCUT2D eigenvalue weighted by Crippen LogP contribution is 2.27. The highest BCUT2D eigenvalue weighted by molar-refractivity contribution is 5.95. The lowest BCUT2D eigenvalue weighted by atomic mass is 10.1. The van der Waals surface area contributed by atoms with Gasteiger partial charge in [0.05, 0.1) is 16.3 Å². The minimum Gasteiger partial charge on any atom is -0.442 e. The van der Waals surface area contributed by atoms with E-state index in [1.54, 1.807) is 18.2 Å². The Kier molecular flexibility index (Phi) is 3.57. The Labute approximate surface area is 126 Å². The van der Waals surface area contributed by atoms with Gasteiger partial charge < -0.3 is 4.74 Å². The van der Waals surface area contributed by atoms with Crippen molar-refractivity contribution < 1.29 is 14.5 Å². The molecule has 0 radical (unpaired) electrons. The molecule has 0 saturated carbocycles. The normalized spacial score (nSPS) is 15.9. The molecule has 0 aliphatic carbocycles. The quantitative estimate of drug-likeness (QED) is 0.641. The SMILES string of the molecule is O=C1OC/C(=C\c2ccc([N+](=O)[O-])cc2)N1c1ccccc1. The van der Waals surface area contributed by atoms with Crippen molar-refractivity contribution in [2.75, 3.05) is 11.5 Å². The lowest BCUT2D eigenvalue weighted by Crippen LogP contribution is -2.21. The fourth-order valence-corrected chi connectivity index (χ4v) is 2.22. The molecule has 0 aromatic heterocycles. The zero-order valence-corrected chi connectivity index (χ0v) is 11.5. The molecule has 6 nitrogen and oxygen atoms in total. The molecule has 6 heteroatoms. The van der Waals surface area contributed by atoms with E-state index >= 15 is 0 Å². The van der Waals surface area contributed by atoms with Gasteiger partial charge in [0.1, 0.15) is 6.61 Å². The molecule has 2 aromatic rings. The molecule has 22 heavy (non-hydrogen) atoms. The Balaban J connectivity index is 1.92. The van der Waals surface area contributed by atoms with E-state index < -0.39 is 11.0 Å². The molecular formula is C16H12N2O4. The number of nitro benzene ring substituents is 1. The predicted octanol–water partition coefficient (Wildman–Crippen LogP) is 3.59.